The highest BCUT2D eigenvalue weighted by Gasteiger charge is 2.20. The van der Waals surface area contributed by atoms with Gasteiger partial charge in [0.2, 0.25) is 0 Å². The number of nitrogens with zero attached hydrogens (tertiary/aromatic N) is 2. The van der Waals surface area contributed by atoms with Crippen molar-refractivity contribution in [2.45, 2.75) is 13.0 Å². The van der Waals surface area contributed by atoms with E-state index in [0.717, 1.165) is 10.7 Å². The fourth-order valence-electron chi connectivity index (χ4n) is 1.70. The molecule has 8 heteroatoms. The standard InChI is InChI=1S/C15H14FN3O4/c1-9(14(21)17-11-5-3-4-10(16)8-11)23-15(22)12-6-7-13(20)19(2)18-12/h3-9H,1-2H3,(H,17,21). The smallest absolute Gasteiger partial charge is 0.359 e. The van der Waals surface area contributed by atoms with Crippen LogP contribution >= 0.6 is 0 Å². The van der Waals surface area contributed by atoms with E-state index in [1.807, 2.05) is 0 Å². The minimum absolute atomic E-state index is 0.0995. The highest BCUT2D eigenvalue weighted by Crippen LogP contribution is 2.10. The number of rotatable bonds is 4. The van der Waals surface area contributed by atoms with Gasteiger partial charge < -0.3 is 10.1 Å². The zero-order valence-corrected chi connectivity index (χ0v) is 12.4. The van der Waals surface area contributed by atoms with E-state index in [1.54, 1.807) is 0 Å². The molecule has 1 heterocycles. The first kappa shape index (κ1) is 16.3. The van der Waals surface area contributed by atoms with Gasteiger partial charge in [-0.15, -0.1) is 0 Å². The summed E-state index contributed by atoms with van der Waals surface area (Å²) in [4.78, 5) is 35.0. The topological polar surface area (TPSA) is 90.3 Å². The molecular formula is C15H14FN3O4. The van der Waals surface area contributed by atoms with E-state index < -0.39 is 23.8 Å². The third kappa shape index (κ3) is 4.22. The number of benzene rings is 1. The average molecular weight is 319 g/mol. The van der Waals surface area contributed by atoms with Crippen molar-refractivity contribution in [3.63, 3.8) is 0 Å². The lowest BCUT2D eigenvalue weighted by Crippen LogP contribution is -2.31. The van der Waals surface area contributed by atoms with Gasteiger partial charge in [-0.1, -0.05) is 6.07 Å². The number of aromatic nitrogens is 2. The van der Waals surface area contributed by atoms with Crippen LogP contribution in [0.4, 0.5) is 10.1 Å². The number of carbonyl (C=O) groups is 2. The maximum atomic E-state index is 13.0. The van der Waals surface area contributed by atoms with E-state index >= 15 is 0 Å². The summed E-state index contributed by atoms with van der Waals surface area (Å²) in [6, 6.07) is 7.70. The zero-order valence-electron chi connectivity index (χ0n) is 12.4. The van der Waals surface area contributed by atoms with Gasteiger partial charge in [0.1, 0.15) is 5.82 Å². The van der Waals surface area contributed by atoms with Gasteiger partial charge in [-0.2, -0.15) is 5.10 Å². The quantitative estimate of drug-likeness (QED) is 0.852. The summed E-state index contributed by atoms with van der Waals surface area (Å²) in [6.07, 6.45) is -1.12. The Kier molecular flexibility index (Phi) is 4.85. The lowest BCUT2D eigenvalue weighted by atomic mass is 10.3. The molecule has 0 radical (unpaired) electrons. The van der Waals surface area contributed by atoms with Crippen LogP contribution in [0.5, 0.6) is 0 Å². The molecule has 7 nitrogen and oxygen atoms in total. The lowest BCUT2D eigenvalue weighted by molar-refractivity contribution is -0.123. The number of hydrogen-bond acceptors (Lipinski definition) is 5. The number of amides is 1. The Morgan fingerprint density at radius 2 is 2.04 bits per heavy atom. The molecule has 2 rings (SSSR count). The van der Waals surface area contributed by atoms with Crippen LogP contribution in [0.25, 0.3) is 0 Å². The first-order valence-corrected chi connectivity index (χ1v) is 6.68. The van der Waals surface area contributed by atoms with Crippen LogP contribution in [0.15, 0.2) is 41.2 Å². The number of esters is 1. The Morgan fingerprint density at radius 3 is 2.70 bits per heavy atom. The van der Waals surface area contributed by atoms with Crippen LogP contribution in [0.2, 0.25) is 0 Å². The monoisotopic (exact) mass is 319 g/mol. The van der Waals surface area contributed by atoms with Crippen molar-refractivity contribution in [2.24, 2.45) is 7.05 Å². The molecule has 0 bridgehead atoms. The van der Waals surface area contributed by atoms with E-state index in [1.165, 1.54) is 44.3 Å². The van der Waals surface area contributed by atoms with Gasteiger partial charge in [0.15, 0.2) is 11.8 Å². The van der Waals surface area contributed by atoms with Gasteiger partial charge >= 0.3 is 5.97 Å². The molecule has 23 heavy (non-hydrogen) atoms. The Labute approximate surface area is 130 Å². The van der Waals surface area contributed by atoms with Crippen LogP contribution in [0.1, 0.15) is 17.4 Å². The molecule has 2 aromatic rings. The third-order valence-corrected chi connectivity index (χ3v) is 2.91. The van der Waals surface area contributed by atoms with Crippen molar-refractivity contribution in [3.05, 3.63) is 58.3 Å². The van der Waals surface area contributed by atoms with E-state index in [4.69, 9.17) is 4.74 Å². The summed E-state index contributed by atoms with van der Waals surface area (Å²) < 4.78 is 19.0. The lowest BCUT2D eigenvalue weighted by Gasteiger charge is -2.13. The van der Waals surface area contributed by atoms with Gasteiger partial charge in [0, 0.05) is 18.8 Å². The molecule has 1 amide bonds. The molecule has 1 atom stereocenters. The zero-order chi connectivity index (χ0) is 17.0. The van der Waals surface area contributed by atoms with Crippen molar-refractivity contribution in [1.82, 2.24) is 9.78 Å². The molecule has 0 aliphatic carbocycles. The van der Waals surface area contributed by atoms with Crippen LogP contribution < -0.4 is 10.9 Å². The Balaban J connectivity index is 2.01. The van der Waals surface area contributed by atoms with E-state index in [0.29, 0.717) is 0 Å². The number of carbonyl (C=O) groups excluding carboxylic acids is 2. The van der Waals surface area contributed by atoms with Crippen LogP contribution in [0, 0.1) is 5.82 Å². The summed E-state index contributed by atoms with van der Waals surface area (Å²) in [5, 5.41) is 6.16. The predicted molar refractivity (Wildman–Crippen MR) is 79.4 cm³/mol. The van der Waals surface area contributed by atoms with Gasteiger partial charge in [0.25, 0.3) is 11.5 Å². The number of ether oxygens (including phenoxy) is 1. The molecule has 0 aliphatic heterocycles. The largest absolute Gasteiger partial charge is 0.448 e. The van der Waals surface area contributed by atoms with Gasteiger partial charge in [-0.25, -0.2) is 13.9 Å². The fourth-order valence-corrected chi connectivity index (χ4v) is 1.70. The Hall–Kier alpha value is -3.03. The fraction of sp³-hybridized carbons (Fsp3) is 0.200. The average Bonchev–Trinajstić information content (AvgIpc) is 2.49. The highest BCUT2D eigenvalue weighted by atomic mass is 19.1. The second kappa shape index (κ2) is 6.82. The minimum Gasteiger partial charge on any atom is -0.448 e. The summed E-state index contributed by atoms with van der Waals surface area (Å²) >= 11 is 0. The number of hydrogen-bond donors (Lipinski definition) is 1. The SMILES string of the molecule is CC(OC(=O)c1ccc(=O)n(C)n1)C(=O)Nc1cccc(F)c1. The van der Waals surface area contributed by atoms with E-state index in [9.17, 15) is 18.8 Å². The molecule has 0 saturated heterocycles. The molecule has 1 N–H and O–H groups in total. The number of halogens is 1. The molecule has 1 aromatic heterocycles. The van der Waals surface area contributed by atoms with Crippen molar-refractivity contribution < 1.29 is 18.7 Å². The highest BCUT2D eigenvalue weighted by molar-refractivity contribution is 5.96. The summed E-state index contributed by atoms with van der Waals surface area (Å²) in [5.74, 6) is -1.96. The maximum absolute atomic E-state index is 13.0. The minimum atomic E-state index is -1.12. The van der Waals surface area contributed by atoms with E-state index in [2.05, 4.69) is 10.4 Å². The molecule has 0 fully saturated rings. The van der Waals surface area contributed by atoms with Crippen molar-refractivity contribution in [1.29, 1.82) is 0 Å². The molecule has 1 unspecified atom stereocenters. The number of nitrogens with one attached hydrogen (secondary N) is 1. The molecule has 120 valence electrons. The van der Waals surface area contributed by atoms with Crippen LogP contribution in [0.3, 0.4) is 0 Å². The molecule has 1 aromatic carbocycles. The first-order chi connectivity index (χ1) is 10.9. The molecule has 0 spiro atoms. The molecular weight excluding hydrogens is 305 g/mol. The second-order valence-corrected chi connectivity index (χ2v) is 4.73. The predicted octanol–water partition coefficient (Wildman–Crippen LogP) is 1.10. The van der Waals surface area contributed by atoms with Gasteiger partial charge in [-0.3, -0.25) is 9.59 Å². The number of aryl methyl sites for hydroxylation is 1. The summed E-state index contributed by atoms with van der Waals surface area (Å²) in [7, 11) is 1.39. The Morgan fingerprint density at radius 1 is 1.30 bits per heavy atom. The van der Waals surface area contributed by atoms with Gasteiger partial charge in [-0.05, 0) is 31.2 Å². The third-order valence-electron chi connectivity index (χ3n) is 2.91. The van der Waals surface area contributed by atoms with Crippen molar-refractivity contribution in [3.8, 4) is 0 Å². The first-order valence-electron chi connectivity index (χ1n) is 6.68. The van der Waals surface area contributed by atoms with Crippen molar-refractivity contribution in [2.75, 3.05) is 5.32 Å². The van der Waals surface area contributed by atoms with Crippen LogP contribution in [-0.4, -0.2) is 27.8 Å². The summed E-state index contributed by atoms with van der Waals surface area (Å²) in [5.41, 5.74) is -0.228. The van der Waals surface area contributed by atoms with Crippen molar-refractivity contribution >= 4 is 17.6 Å². The number of anilines is 1. The van der Waals surface area contributed by atoms with E-state index in [-0.39, 0.29) is 16.9 Å². The molecule has 0 saturated carbocycles. The summed E-state index contributed by atoms with van der Waals surface area (Å²) in [6.45, 7) is 1.37. The Bertz CT molecular complexity index is 803. The van der Waals surface area contributed by atoms with Gasteiger partial charge in [0.05, 0.1) is 0 Å². The molecule has 0 aliphatic rings. The maximum Gasteiger partial charge on any atom is 0.359 e. The van der Waals surface area contributed by atoms with Crippen LogP contribution in [-0.2, 0) is 16.6 Å². The second-order valence-electron chi connectivity index (χ2n) is 4.73. The normalized spacial score (nSPS) is 11.6.